The van der Waals surface area contributed by atoms with Gasteiger partial charge in [0.25, 0.3) is 5.69 Å². The van der Waals surface area contributed by atoms with Crippen LogP contribution in [0.4, 0.5) is 11.4 Å². The van der Waals surface area contributed by atoms with Gasteiger partial charge in [-0.2, -0.15) is 0 Å². The van der Waals surface area contributed by atoms with Gasteiger partial charge < -0.3 is 10.1 Å². The fourth-order valence-corrected chi connectivity index (χ4v) is 2.19. The number of hydrogen-bond acceptors (Lipinski definition) is 4. The van der Waals surface area contributed by atoms with E-state index in [1.54, 1.807) is 31.4 Å². The van der Waals surface area contributed by atoms with Crippen molar-refractivity contribution >= 4 is 23.0 Å². The lowest BCUT2D eigenvalue weighted by atomic mass is 10.1. The lowest BCUT2D eigenvalue weighted by molar-refractivity contribution is -0.384. The first-order valence-electron chi connectivity index (χ1n) is 6.35. The van der Waals surface area contributed by atoms with Gasteiger partial charge in [0.05, 0.1) is 17.1 Å². The highest BCUT2D eigenvalue weighted by molar-refractivity contribution is 6.32. The minimum atomic E-state index is -0.401. The molecule has 0 fully saturated rings. The van der Waals surface area contributed by atoms with Gasteiger partial charge in [0.15, 0.2) is 0 Å². The molecule has 2 rings (SSSR count). The number of methoxy groups -OCH3 is 1. The summed E-state index contributed by atoms with van der Waals surface area (Å²) < 4.78 is 5.16. The highest BCUT2D eigenvalue weighted by atomic mass is 35.5. The molecule has 1 unspecified atom stereocenters. The molecule has 0 bridgehead atoms. The van der Waals surface area contributed by atoms with Gasteiger partial charge >= 0.3 is 0 Å². The topological polar surface area (TPSA) is 64.4 Å². The van der Waals surface area contributed by atoms with Gasteiger partial charge in [-0.3, -0.25) is 10.1 Å². The summed E-state index contributed by atoms with van der Waals surface area (Å²) in [6.45, 7) is 1.93. The van der Waals surface area contributed by atoms with Crippen LogP contribution in [0.2, 0.25) is 5.02 Å². The van der Waals surface area contributed by atoms with E-state index in [0.29, 0.717) is 10.8 Å². The third-order valence-electron chi connectivity index (χ3n) is 3.12. The number of nitro groups is 1. The Labute approximate surface area is 127 Å². The fourth-order valence-electron chi connectivity index (χ4n) is 1.99. The van der Waals surface area contributed by atoms with Crippen molar-refractivity contribution < 1.29 is 9.66 Å². The van der Waals surface area contributed by atoms with E-state index in [0.717, 1.165) is 11.3 Å². The summed E-state index contributed by atoms with van der Waals surface area (Å²) in [5, 5.41) is 14.6. The number of halogens is 1. The molecule has 110 valence electrons. The minimum Gasteiger partial charge on any atom is -0.495 e. The van der Waals surface area contributed by atoms with E-state index in [2.05, 4.69) is 5.32 Å². The van der Waals surface area contributed by atoms with E-state index >= 15 is 0 Å². The first-order chi connectivity index (χ1) is 10.0. The summed E-state index contributed by atoms with van der Waals surface area (Å²) in [6, 6.07) is 11.8. The Morgan fingerprint density at radius 2 is 2.05 bits per heavy atom. The van der Waals surface area contributed by atoms with Crippen LogP contribution in [0, 0.1) is 10.1 Å². The van der Waals surface area contributed by atoms with E-state index < -0.39 is 4.92 Å². The number of hydrogen-bond donors (Lipinski definition) is 1. The number of nitrogens with one attached hydrogen (secondary N) is 1. The van der Waals surface area contributed by atoms with Crippen LogP contribution in [0.15, 0.2) is 42.5 Å². The molecule has 0 spiro atoms. The minimum absolute atomic E-state index is 0.0786. The molecule has 0 heterocycles. The molecule has 0 amide bonds. The van der Waals surface area contributed by atoms with Crippen molar-refractivity contribution in [3.8, 4) is 5.75 Å². The lowest BCUT2D eigenvalue weighted by Crippen LogP contribution is -2.07. The molecule has 2 aromatic carbocycles. The van der Waals surface area contributed by atoms with Crippen LogP contribution in [-0.4, -0.2) is 12.0 Å². The van der Waals surface area contributed by atoms with E-state index in [-0.39, 0.29) is 11.7 Å². The molecule has 0 radical (unpaired) electrons. The van der Waals surface area contributed by atoms with Crippen molar-refractivity contribution in [1.29, 1.82) is 0 Å². The molecule has 1 atom stereocenters. The van der Waals surface area contributed by atoms with Gasteiger partial charge in [-0.05, 0) is 24.6 Å². The summed E-state index contributed by atoms with van der Waals surface area (Å²) in [5.74, 6) is 0.577. The Balaban J connectivity index is 2.19. The summed E-state index contributed by atoms with van der Waals surface area (Å²) in [4.78, 5) is 10.4. The van der Waals surface area contributed by atoms with Gasteiger partial charge in [-0.25, -0.2) is 0 Å². The predicted octanol–water partition coefficient (Wildman–Crippen LogP) is 4.43. The first-order valence-corrected chi connectivity index (χ1v) is 6.73. The van der Waals surface area contributed by atoms with Crippen LogP contribution in [-0.2, 0) is 0 Å². The van der Waals surface area contributed by atoms with Crippen LogP contribution < -0.4 is 10.1 Å². The lowest BCUT2D eigenvalue weighted by Gasteiger charge is -2.16. The van der Waals surface area contributed by atoms with Crippen molar-refractivity contribution in [1.82, 2.24) is 0 Å². The van der Waals surface area contributed by atoms with E-state index in [1.165, 1.54) is 6.07 Å². The zero-order valence-corrected chi connectivity index (χ0v) is 12.4. The molecule has 2 aromatic rings. The fraction of sp³-hybridized carbons (Fsp3) is 0.200. The summed E-state index contributed by atoms with van der Waals surface area (Å²) in [5.41, 5.74) is 1.74. The molecule has 0 saturated heterocycles. The van der Waals surface area contributed by atoms with Gasteiger partial charge in [-0.15, -0.1) is 0 Å². The van der Waals surface area contributed by atoms with Crippen molar-refractivity contribution in [2.75, 3.05) is 12.4 Å². The molecule has 0 aliphatic rings. The van der Waals surface area contributed by atoms with E-state index in [1.807, 2.05) is 19.1 Å². The summed E-state index contributed by atoms with van der Waals surface area (Å²) in [6.07, 6.45) is 0. The molecular weight excluding hydrogens is 292 g/mol. The van der Waals surface area contributed by atoms with Crippen molar-refractivity contribution in [3.63, 3.8) is 0 Å². The summed E-state index contributed by atoms with van der Waals surface area (Å²) in [7, 11) is 1.55. The molecule has 6 heteroatoms. The zero-order valence-electron chi connectivity index (χ0n) is 11.7. The Bertz CT molecular complexity index is 661. The maximum absolute atomic E-state index is 10.8. The molecule has 0 aliphatic heterocycles. The number of anilines is 1. The quantitative estimate of drug-likeness (QED) is 0.655. The number of ether oxygens (including phenoxy) is 1. The van der Waals surface area contributed by atoms with Crippen LogP contribution in [0.25, 0.3) is 0 Å². The molecule has 5 nitrogen and oxygen atoms in total. The molecule has 0 saturated carbocycles. The second-order valence-corrected chi connectivity index (χ2v) is 4.97. The number of nitrogens with zero attached hydrogens (tertiary/aromatic N) is 1. The largest absolute Gasteiger partial charge is 0.495 e. The van der Waals surface area contributed by atoms with Crippen molar-refractivity contribution in [2.24, 2.45) is 0 Å². The highest BCUT2D eigenvalue weighted by Gasteiger charge is 2.11. The smallest absolute Gasteiger partial charge is 0.269 e. The molecule has 0 aliphatic carbocycles. The molecule has 0 aromatic heterocycles. The second-order valence-electron chi connectivity index (χ2n) is 4.57. The van der Waals surface area contributed by atoms with Gasteiger partial charge in [0.1, 0.15) is 5.75 Å². The second kappa shape index (κ2) is 6.45. The van der Waals surface area contributed by atoms with Crippen molar-refractivity contribution in [2.45, 2.75) is 13.0 Å². The normalized spacial score (nSPS) is 11.8. The van der Waals surface area contributed by atoms with Gasteiger partial charge in [0, 0.05) is 29.9 Å². The van der Waals surface area contributed by atoms with Crippen molar-refractivity contribution in [3.05, 3.63) is 63.2 Å². The first kappa shape index (κ1) is 15.1. The number of rotatable bonds is 5. The Hall–Kier alpha value is -2.27. The average Bonchev–Trinajstić information content (AvgIpc) is 2.49. The Morgan fingerprint density at radius 3 is 2.71 bits per heavy atom. The van der Waals surface area contributed by atoms with E-state index in [9.17, 15) is 10.1 Å². The third kappa shape index (κ3) is 3.64. The highest BCUT2D eigenvalue weighted by Crippen LogP contribution is 2.29. The number of benzene rings is 2. The number of nitro benzene ring substituents is 1. The van der Waals surface area contributed by atoms with Gasteiger partial charge in [-0.1, -0.05) is 23.7 Å². The predicted molar refractivity (Wildman–Crippen MR) is 83.1 cm³/mol. The molecular formula is C15H15ClN2O3. The Kier molecular flexibility index (Phi) is 4.65. The van der Waals surface area contributed by atoms with Crippen LogP contribution in [0.3, 0.4) is 0 Å². The summed E-state index contributed by atoms with van der Waals surface area (Å²) >= 11 is 5.98. The Morgan fingerprint density at radius 1 is 1.29 bits per heavy atom. The maximum atomic E-state index is 10.8. The molecule has 1 N–H and O–H groups in total. The SMILES string of the molecule is COc1cc(NC(C)c2cccc([N+](=O)[O-])c2)ccc1Cl. The van der Waals surface area contributed by atoms with Gasteiger partial charge in [0.2, 0.25) is 0 Å². The molecule has 21 heavy (non-hydrogen) atoms. The number of non-ortho nitro benzene ring substituents is 1. The van der Waals surface area contributed by atoms with Crippen LogP contribution in [0.1, 0.15) is 18.5 Å². The van der Waals surface area contributed by atoms with Crippen LogP contribution >= 0.6 is 11.6 Å². The standard InChI is InChI=1S/C15H15ClN2O3/c1-10(11-4-3-5-13(8-11)18(19)20)17-12-6-7-14(16)15(9-12)21-2/h3-10,17H,1-2H3. The monoisotopic (exact) mass is 306 g/mol. The third-order valence-corrected chi connectivity index (χ3v) is 3.43. The average molecular weight is 307 g/mol. The van der Waals surface area contributed by atoms with Crippen LogP contribution in [0.5, 0.6) is 5.75 Å². The zero-order chi connectivity index (χ0) is 15.4. The maximum Gasteiger partial charge on any atom is 0.269 e. The van der Waals surface area contributed by atoms with E-state index in [4.69, 9.17) is 16.3 Å².